The highest BCUT2D eigenvalue weighted by molar-refractivity contribution is 5.94. The van der Waals surface area contributed by atoms with Crippen LogP contribution in [0.5, 0.6) is 0 Å². The van der Waals surface area contributed by atoms with Gasteiger partial charge in [-0.3, -0.25) is 9.59 Å². The SMILES string of the molecule is O=C(NCCn1nc2c(cc1=O)CCCC2)c1cccc(C(F)(F)F)c1. The van der Waals surface area contributed by atoms with Gasteiger partial charge in [0.05, 0.1) is 17.8 Å². The zero-order valence-electron chi connectivity index (χ0n) is 14.0. The first kappa shape index (κ1) is 18.2. The summed E-state index contributed by atoms with van der Waals surface area (Å²) in [6.07, 6.45) is -0.747. The summed E-state index contributed by atoms with van der Waals surface area (Å²) in [4.78, 5) is 24.1. The summed E-state index contributed by atoms with van der Waals surface area (Å²) in [7, 11) is 0. The van der Waals surface area contributed by atoms with Crippen LogP contribution in [0, 0.1) is 0 Å². The second-order valence-corrected chi connectivity index (χ2v) is 6.22. The van der Waals surface area contributed by atoms with Gasteiger partial charge in [-0.15, -0.1) is 0 Å². The van der Waals surface area contributed by atoms with Crippen LogP contribution in [0.25, 0.3) is 0 Å². The largest absolute Gasteiger partial charge is 0.416 e. The number of carbonyl (C=O) groups is 1. The average Bonchev–Trinajstić information content (AvgIpc) is 2.61. The minimum absolute atomic E-state index is 0.0782. The van der Waals surface area contributed by atoms with Gasteiger partial charge in [-0.05, 0) is 49.4 Å². The molecule has 0 radical (unpaired) electrons. The van der Waals surface area contributed by atoms with Crippen molar-refractivity contribution in [2.75, 3.05) is 6.54 Å². The van der Waals surface area contributed by atoms with E-state index in [2.05, 4.69) is 10.4 Å². The summed E-state index contributed by atoms with van der Waals surface area (Å²) >= 11 is 0. The van der Waals surface area contributed by atoms with E-state index < -0.39 is 17.6 Å². The first-order valence-corrected chi connectivity index (χ1v) is 8.40. The molecule has 0 aliphatic heterocycles. The van der Waals surface area contributed by atoms with Crippen molar-refractivity contribution in [2.45, 2.75) is 38.4 Å². The van der Waals surface area contributed by atoms with E-state index in [1.54, 1.807) is 6.07 Å². The summed E-state index contributed by atoms with van der Waals surface area (Å²) in [5, 5.41) is 6.86. The minimum Gasteiger partial charge on any atom is -0.350 e. The van der Waals surface area contributed by atoms with E-state index in [1.165, 1.54) is 16.8 Å². The fourth-order valence-corrected chi connectivity index (χ4v) is 2.98. The molecular formula is C18H18F3N3O2. The van der Waals surface area contributed by atoms with Crippen LogP contribution >= 0.6 is 0 Å². The Hall–Kier alpha value is -2.64. The Bertz CT molecular complexity index is 875. The maximum atomic E-state index is 12.7. The number of aromatic nitrogens is 2. The molecule has 8 heteroatoms. The number of aryl methyl sites for hydroxylation is 2. The van der Waals surface area contributed by atoms with E-state index in [9.17, 15) is 22.8 Å². The third kappa shape index (κ3) is 4.12. The molecule has 0 atom stereocenters. The maximum Gasteiger partial charge on any atom is 0.416 e. The van der Waals surface area contributed by atoms with Gasteiger partial charge in [0, 0.05) is 18.2 Å². The summed E-state index contributed by atoms with van der Waals surface area (Å²) in [5.41, 5.74) is 0.688. The topological polar surface area (TPSA) is 64.0 Å². The van der Waals surface area contributed by atoms with Crippen molar-refractivity contribution in [2.24, 2.45) is 0 Å². The molecule has 1 aromatic heterocycles. The Labute approximate surface area is 147 Å². The lowest BCUT2D eigenvalue weighted by Gasteiger charge is -2.16. The molecule has 138 valence electrons. The van der Waals surface area contributed by atoms with Gasteiger partial charge in [0.25, 0.3) is 11.5 Å². The number of hydrogen-bond acceptors (Lipinski definition) is 3. The van der Waals surface area contributed by atoms with Crippen LogP contribution in [0.2, 0.25) is 0 Å². The van der Waals surface area contributed by atoms with Gasteiger partial charge in [0.15, 0.2) is 0 Å². The van der Waals surface area contributed by atoms with Crippen molar-refractivity contribution in [1.29, 1.82) is 0 Å². The predicted octanol–water partition coefficient (Wildman–Crippen LogP) is 2.57. The van der Waals surface area contributed by atoms with Gasteiger partial charge in [-0.25, -0.2) is 4.68 Å². The third-order valence-corrected chi connectivity index (χ3v) is 4.34. The van der Waals surface area contributed by atoms with Crippen LogP contribution in [0.1, 0.15) is 40.0 Å². The highest BCUT2D eigenvalue weighted by Gasteiger charge is 2.30. The highest BCUT2D eigenvalue weighted by atomic mass is 19.4. The lowest BCUT2D eigenvalue weighted by molar-refractivity contribution is -0.137. The van der Waals surface area contributed by atoms with E-state index in [0.29, 0.717) is 0 Å². The molecule has 1 amide bonds. The zero-order valence-corrected chi connectivity index (χ0v) is 14.0. The molecule has 2 aromatic rings. The predicted molar refractivity (Wildman–Crippen MR) is 88.9 cm³/mol. The number of rotatable bonds is 4. The monoisotopic (exact) mass is 365 g/mol. The summed E-state index contributed by atoms with van der Waals surface area (Å²) in [6.45, 7) is 0.261. The van der Waals surface area contributed by atoms with Crippen molar-refractivity contribution in [1.82, 2.24) is 15.1 Å². The first-order valence-electron chi connectivity index (χ1n) is 8.40. The fourth-order valence-electron chi connectivity index (χ4n) is 2.98. The van der Waals surface area contributed by atoms with Gasteiger partial charge in [0.1, 0.15) is 0 Å². The van der Waals surface area contributed by atoms with E-state index in [1.807, 2.05) is 0 Å². The number of nitrogens with zero attached hydrogens (tertiary/aromatic N) is 2. The number of nitrogens with one attached hydrogen (secondary N) is 1. The lowest BCUT2D eigenvalue weighted by Crippen LogP contribution is -2.33. The number of alkyl halides is 3. The van der Waals surface area contributed by atoms with Gasteiger partial charge < -0.3 is 5.32 Å². The van der Waals surface area contributed by atoms with Crippen LogP contribution in [0.15, 0.2) is 35.1 Å². The number of halogens is 3. The summed E-state index contributed by atoms with van der Waals surface area (Å²) in [5.74, 6) is -0.623. The van der Waals surface area contributed by atoms with Gasteiger partial charge >= 0.3 is 6.18 Å². The Morgan fingerprint density at radius 2 is 1.96 bits per heavy atom. The van der Waals surface area contributed by atoms with Crippen molar-refractivity contribution >= 4 is 5.91 Å². The van der Waals surface area contributed by atoms with Gasteiger partial charge in [-0.1, -0.05) is 6.07 Å². The zero-order chi connectivity index (χ0) is 18.7. The lowest BCUT2D eigenvalue weighted by atomic mass is 9.97. The smallest absolute Gasteiger partial charge is 0.350 e. The van der Waals surface area contributed by atoms with E-state index in [-0.39, 0.29) is 24.2 Å². The van der Waals surface area contributed by atoms with Crippen molar-refractivity contribution in [3.05, 3.63) is 63.1 Å². The Morgan fingerprint density at radius 3 is 2.73 bits per heavy atom. The standard InChI is InChI=1S/C18H18F3N3O2/c19-18(20,21)14-6-3-5-13(10-14)17(26)22-8-9-24-16(25)11-12-4-1-2-7-15(12)23-24/h3,5-6,10-11H,1-2,4,7-9H2,(H,22,26). The Morgan fingerprint density at radius 1 is 1.19 bits per heavy atom. The van der Waals surface area contributed by atoms with Gasteiger partial charge in [-0.2, -0.15) is 18.3 Å². The van der Waals surface area contributed by atoms with E-state index in [0.717, 1.165) is 49.1 Å². The Balaban J connectivity index is 1.63. The second-order valence-electron chi connectivity index (χ2n) is 6.22. The molecule has 26 heavy (non-hydrogen) atoms. The van der Waals surface area contributed by atoms with Crippen molar-refractivity contribution in [3.8, 4) is 0 Å². The molecule has 1 aromatic carbocycles. The number of fused-ring (bicyclic) bond motifs is 1. The third-order valence-electron chi connectivity index (χ3n) is 4.34. The molecule has 0 spiro atoms. The molecular weight excluding hydrogens is 347 g/mol. The van der Waals surface area contributed by atoms with Crippen LogP contribution in [-0.4, -0.2) is 22.2 Å². The molecule has 5 nitrogen and oxygen atoms in total. The molecule has 1 N–H and O–H groups in total. The van der Waals surface area contributed by atoms with Crippen LogP contribution < -0.4 is 10.9 Å². The molecule has 1 aliphatic carbocycles. The minimum atomic E-state index is -4.50. The summed E-state index contributed by atoms with van der Waals surface area (Å²) in [6, 6.07) is 5.79. The molecule has 1 heterocycles. The highest BCUT2D eigenvalue weighted by Crippen LogP contribution is 2.29. The van der Waals surface area contributed by atoms with Gasteiger partial charge in [0.2, 0.25) is 0 Å². The average molecular weight is 365 g/mol. The van der Waals surface area contributed by atoms with E-state index in [4.69, 9.17) is 0 Å². The van der Waals surface area contributed by atoms with Crippen LogP contribution in [-0.2, 0) is 25.6 Å². The Kier molecular flexibility index (Phi) is 5.11. The molecule has 0 fully saturated rings. The molecule has 0 bridgehead atoms. The molecule has 0 saturated carbocycles. The molecule has 0 unspecified atom stereocenters. The van der Waals surface area contributed by atoms with E-state index >= 15 is 0 Å². The normalized spacial score (nSPS) is 14.0. The van der Waals surface area contributed by atoms with Crippen LogP contribution in [0.4, 0.5) is 13.2 Å². The number of carbonyl (C=O) groups excluding carboxylic acids is 1. The number of hydrogen-bond donors (Lipinski definition) is 1. The van der Waals surface area contributed by atoms with Crippen LogP contribution in [0.3, 0.4) is 0 Å². The summed E-state index contributed by atoms with van der Waals surface area (Å²) < 4.78 is 39.4. The first-order chi connectivity index (χ1) is 12.3. The second kappa shape index (κ2) is 7.31. The molecule has 3 rings (SSSR count). The van der Waals surface area contributed by atoms with Crippen molar-refractivity contribution < 1.29 is 18.0 Å². The molecule has 0 saturated heterocycles. The number of benzene rings is 1. The quantitative estimate of drug-likeness (QED) is 0.906. The number of amides is 1. The van der Waals surface area contributed by atoms with Crippen molar-refractivity contribution in [3.63, 3.8) is 0 Å². The maximum absolute atomic E-state index is 12.7. The molecule has 1 aliphatic rings. The fraction of sp³-hybridized carbons (Fsp3) is 0.389.